The van der Waals surface area contributed by atoms with Gasteiger partial charge in [-0.05, 0) is 69.9 Å². The van der Waals surface area contributed by atoms with E-state index < -0.39 is 0 Å². The van der Waals surface area contributed by atoms with Crippen LogP contribution in [0.5, 0.6) is 0 Å². The van der Waals surface area contributed by atoms with Gasteiger partial charge in [0, 0.05) is 17.7 Å². The van der Waals surface area contributed by atoms with Crippen LogP contribution in [0.25, 0.3) is 11.6 Å². The number of ether oxygens (including phenoxy) is 1. The first kappa shape index (κ1) is 23.8. The van der Waals surface area contributed by atoms with Crippen LogP contribution >= 0.6 is 0 Å². The molecule has 0 N–H and O–H groups in total. The molecule has 0 amide bonds. The van der Waals surface area contributed by atoms with Crippen molar-refractivity contribution in [1.82, 2.24) is 0 Å². The number of hydroxylamine groups is 1. The molecule has 0 saturated heterocycles. The van der Waals surface area contributed by atoms with E-state index in [1.54, 1.807) is 0 Å². The van der Waals surface area contributed by atoms with Gasteiger partial charge in [0.2, 0.25) is 0 Å². The molecule has 0 spiro atoms. The van der Waals surface area contributed by atoms with Crippen molar-refractivity contribution in [1.29, 1.82) is 0 Å². The second-order valence-corrected chi connectivity index (χ2v) is 9.01. The van der Waals surface area contributed by atoms with Crippen LogP contribution in [0, 0.1) is 20.8 Å². The molecule has 3 nitrogen and oxygen atoms in total. The number of nitrogens with zero attached hydrogens (tertiary/aromatic N) is 1. The number of hydrogen-bond acceptors (Lipinski definition) is 3. The molecule has 0 saturated carbocycles. The van der Waals surface area contributed by atoms with Gasteiger partial charge in [-0.3, -0.25) is 0 Å². The Morgan fingerprint density at radius 2 is 1.68 bits per heavy atom. The fraction of sp³-hybridized carbons (Fsp3) is 0.290. The van der Waals surface area contributed by atoms with Gasteiger partial charge in [-0.1, -0.05) is 78.4 Å². The molecule has 1 aliphatic rings. The molecule has 176 valence electrons. The number of allylic oxidation sites excluding steroid dienone is 1. The average Bonchev–Trinajstić information content (AvgIpc) is 2.83. The molecule has 1 heterocycles. The van der Waals surface area contributed by atoms with Gasteiger partial charge in [0.05, 0.1) is 11.8 Å². The van der Waals surface area contributed by atoms with Crippen molar-refractivity contribution in [3.8, 4) is 0 Å². The molecular formula is C31H35NO2. The van der Waals surface area contributed by atoms with E-state index in [9.17, 15) is 0 Å². The first-order chi connectivity index (χ1) is 16.4. The van der Waals surface area contributed by atoms with Crippen LogP contribution in [0.15, 0.2) is 78.6 Å². The molecule has 3 aromatic rings. The predicted molar refractivity (Wildman–Crippen MR) is 143 cm³/mol. The van der Waals surface area contributed by atoms with Gasteiger partial charge in [0.25, 0.3) is 0 Å². The van der Waals surface area contributed by atoms with E-state index in [4.69, 9.17) is 9.57 Å². The third-order valence-corrected chi connectivity index (χ3v) is 6.58. The molecule has 1 aliphatic heterocycles. The van der Waals surface area contributed by atoms with E-state index in [0.29, 0.717) is 6.61 Å². The van der Waals surface area contributed by atoms with Crippen LogP contribution in [-0.4, -0.2) is 12.7 Å². The fourth-order valence-electron chi connectivity index (χ4n) is 4.84. The zero-order valence-corrected chi connectivity index (χ0v) is 21.1. The maximum atomic E-state index is 6.79. The van der Waals surface area contributed by atoms with E-state index in [-0.39, 0.29) is 12.1 Å². The predicted octanol–water partition coefficient (Wildman–Crippen LogP) is 7.97. The van der Waals surface area contributed by atoms with Crippen molar-refractivity contribution in [3.05, 3.63) is 112 Å². The zero-order chi connectivity index (χ0) is 24.2. The first-order valence-corrected chi connectivity index (χ1v) is 12.1. The zero-order valence-electron chi connectivity index (χ0n) is 21.1. The minimum atomic E-state index is -0.0932. The number of rotatable bonds is 7. The van der Waals surface area contributed by atoms with E-state index in [1.165, 1.54) is 22.3 Å². The van der Waals surface area contributed by atoms with Crippen LogP contribution in [0.4, 0.5) is 5.69 Å². The Labute approximate surface area is 204 Å². The smallest absolute Gasteiger partial charge is 0.135 e. The average molecular weight is 454 g/mol. The van der Waals surface area contributed by atoms with Crippen molar-refractivity contribution < 1.29 is 9.57 Å². The molecule has 0 bridgehead atoms. The van der Waals surface area contributed by atoms with E-state index >= 15 is 0 Å². The number of hydrogen-bond donors (Lipinski definition) is 0. The Kier molecular flexibility index (Phi) is 7.23. The summed E-state index contributed by atoms with van der Waals surface area (Å²) in [7, 11) is 0. The lowest BCUT2D eigenvalue weighted by Crippen LogP contribution is -2.31. The third-order valence-electron chi connectivity index (χ3n) is 6.58. The van der Waals surface area contributed by atoms with Crippen molar-refractivity contribution >= 4 is 17.3 Å². The van der Waals surface area contributed by atoms with Crippen LogP contribution in [-0.2, 0) is 9.57 Å². The molecule has 34 heavy (non-hydrogen) atoms. The Balaban J connectivity index is 1.84. The monoisotopic (exact) mass is 453 g/mol. The van der Waals surface area contributed by atoms with Crippen LogP contribution in [0.2, 0.25) is 0 Å². The van der Waals surface area contributed by atoms with Crippen LogP contribution in [0.3, 0.4) is 0 Å². The SMILES string of the molecule is CCOC(C)/C(=C(/C)ON1c2ccccc2C=CC1c1cc(C)cc(C)c1C)c1ccccc1. The van der Waals surface area contributed by atoms with Gasteiger partial charge < -0.3 is 9.57 Å². The van der Waals surface area contributed by atoms with Crippen LogP contribution < -0.4 is 5.06 Å². The molecule has 0 aliphatic carbocycles. The molecule has 4 rings (SSSR count). The Morgan fingerprint density at radius 3 is 2.41 bits per heavy atom. The molecular weight excluding hydrogens is 418 g/mol. The summed E-state index contributed by atoms with van der Waals surface area (Å²) in [5.41, 5.74) is 9.48. The summed E-state index contributed by atoms with van der Waals surface area (Å²) in [5.74, 6) is 0.837. The number of fused-ring (bicyclic) bond motifs is 1. The Bertz CT molecular complexity index is 1210. The van der Waals surface area contributed by atoms with Gasteiger partial charge >= 0.3 is 0 Å². The lowest BCUT2D eigenvalue weighted by Gasteiger charge is -2.37. The van der Waals surface area contributed by atoms with Crippen molar-refractivity contribution in [2.45, 2.75) is 53.7 Å². The molecule has 0 fully saturated rings. The lowest BCUT2D eigenvalue weighted by atomic mass is 9.92. The summed E-state index contributed by atoms with van der Waals surface area (Å²) in [6.07, 6.45) is 4.35. The van der Waals surface area contributed by atoms with E-state index in [1.807, 2.05) is 19.9 Å². The molecule has 2 atom stereocenters. The van der Waals surface area contributed by atoms with E-state index in [2.05, 4.69) is 106 Å². The Morgan fingerprint density at radius 1 is 0.971 bits per heavy atom. The first-order valence-electron chi connectivity index (χ1n) is 12.1. The number of anilines is 1. The maximum absolute atomic E-state index is 6.79. The summed E-state index contributed by atoms with van der Waals surface area (Å²) >= 11 is 0. The topological polar surface area (TPSA) is 21.7 Å². The summed E-state index contributed by atoms with van der Waals surface area (Å²) in [6, 6.07) is 23.3. The van der Waals surface area contributed by atoms with Crippen molar-refractivity contribution in [3.63, 3.8) is 0 Å². The quantitative estimate of drug-likeness (QED) is 0.339. The van der Waals surface area contributed by atoms with Gasteiger partial charge in [0.15, 0.2) is 0 Å². The molecule has 2 unspecified atom stereocenters. The molecule has 0 aromatic heterocycles. The summed E-state index contributed by atoms with van der Waals surface area (Å²) in [6.45, 7) is 13.3. The maximum Gasteiger partial charge on any atom is 0.135 e. The number of benzene rings is 3. The second-order valence-electron chi connectivity index (χ2n) is 9.01. The minimum Gasteiger partial charge on any atom is -0.383 e. The highest BCUT2D eigenvalue weighted by atomic mass is 16.7. The van der Waals surface area contributed by atoms with Crippen molar-refractivity contribution in [2.75, 3.05) is 11.7 Å². The van der Waals surface area contributed by atoms with Gasteiger partial charge in [0.1, 0.15) is 11.8 Å². The van der Waals surface area contributed by atoms with Gasteiger partial charge in [-0.2, -0.15) is 5.06 Å². The van der Waals surface area contributed by atoms with Crippen molar-refractivity contribution in [2.24, 2.45) is 0 Å². The summed E-state index contributed by atoms with van der Waals surface area (Å²) < 4.78 is 6.03. The minimum absolute atomic E-state index is 0.0390. The second kappa shape index (κ2) is 10.3. The largest absolute Gasteiger partial charge is 0.383 e. The summed E-state index contributed by atoms with van der Waals surface area (Å²) in [4.78, 5) is 6.79. The summed E-state index contributed by atoms with van der Waals surface area (Å²) in [5, 5.41) is 2.06. The van der Waals surface area contributed by atoms with E-state index in [0.717, 1.165) is 28.1 Å². The highest BCUT2D eigenvalue weighted by molar-refractivity contribution is 5.74. The normalized spacial score (nSPS) is 16.6. The molecule has 3 aromatic carbocycles. The lowest BCUT2D eigenvalue weighted by molar-refractivity contribution is 0.108. The third kappa shape index (κ3) is 4.80. The van der Waals surface area contributed by atoms with Gasteiger partial charge in [-0.25, -0.2) is 0 Å². The van der Waals surface area contributed by atoms with Crippen LogP contribution in [0.1, 0.15) is 60.2 Å². The molecule has 3 heteroatoms. The standard InChI is InChI=1S/C31H35NO2/c1-7-33-24(5)31(27-14-9-8-10-15-27)25(6)34-32-29-16-12-11-13-26(29)17-18-30(32)28-20-21(2)19-22(3)23(28)4/h8-20,24,30H,7H2,1-6H3/b31-25+. The Hall–Kier alpha value is -3.30. The van der Waals surface area contributed by atoms with Gasteiger partial charge in [-0.15, -0.1) is 0 Å². The molecule has 0 radical (unpaired) electrons. The number of aryl methyl sites for hydroxylation is 2. The highest BCUT2D eigenvalue weighted by Gasteiger charge is 2.29. The fourth-order valence-corrected chi connectivity index (χ4v) is 4.84. The number of para-hydroxylation sites is 1. The highest BCUT2D eigenvalue weighted by Crippen LogP contribution is 2.40.